The highest BCUT2D eigenvalue weighted by Crippen LogP contribution is 2.22. The standard InChI is InChI=1S/C15H12N2O2/c1-10-6-7-11(15(18)19)14(8-10)17-9-16-12-4-2-3-5-13(12)17/h2-9H,1H3,(H,18,19). The van der Waals surface area contributed by atoms with Gasteiger partial charge >= 0.3 is 5.97 Å². The predicted octanol–water partition coefficient (Wildman–Crippen LogP) is 3.03. The van der Waals surface area contributed by atoms with Crippen molar-refractivity contribution >= 4 is 17.0 Å². The van der Waals surface area contributed by atoms with Crippen molar-refractivity contribution in [3.63, 3.8) is 0 Å². The van der Waals surface area contributed by atoms with E-state index in [9.17, 15) is 9.90 Å². The molecule has 4 nitrogen and oxygen atoms in total. The second kappa shape index (κ2) is 4.24. The molecule has 4 heteroatoms. The highest BCUT2D eigenvalue weighted by Gasteiger charge is 2.13. The molecule has 3 rings (SSSR count). The number of para-hydroxylation sites is 2. The molecule has 1 heterocycles. The van der Waals surface area contributed by atoms with E-state index in [2.05, 4.69) is 4.98 Å². The van der Waals surface area contributed by atoms with Crippen LogP contribution in [0.5, 0.6) is 0 Å². The summed E-state index contributed by atoms with van der Waals surface area (Å²) >= 11 is 0. The zero-order chi connectivity index (χ0) is 13.4. The van der Waals surface area contributed by atoms with Crippen molar-refractivity contribution in [1.29, 1.82) is 0 Å². The van der Waals surface area contributed by atoms with Crippen LogP contribution in [0.15, 0.2) is 48.8 Å². The summed E-state index contributed by atoms with van der Waals surface area (Å²) < 4.78 is 1.81. The van der Waals surface area contributed by atoms with Gasteiger partial charge in [0.1, 0.15) is 6.33 Å². The van der Waals surface area contributed by atoms with E-state index in [1.807, 2.05) is 41.8 Å². The van der Waals surface area contributed by atoms with Crippen LogP contribution in [0.3, 0.4) is 0 Å². The Balaban J connectivity index is 2.32. The van der Waals surface area contributed by atoms with Gasteiger partial charge in [0.05, 0.1) is 22.3 Å². The Hall–Kier alpha value is -2.62. The van der Waals surface area contributed by atoms with E-state index < -0.39 is 5.97 Å². The van der Waals surface area contributed by atoms with Gasteiger partial charge in [0.15, 0.2) is 0 Å². The van der Waals surface area contributed by atoms with Gasteiger partial charge in [0.25, 0.3) is 0 Å². The van der Waals surface area contributed by atoms with Crippen molar-refractivity contribution in [1.82, 2.24) is 9.55 Å². The molecule has 0 aliphatic heterocycles. The lowest BCUT2D eigenvalue weighted by Crippen LogP contribution is -2.05. The number of imidazole rings is 1. The summed E-state index contributed by atoms with van der Waals surface area (Å²) in [6.07, 6.45) is 1.66. The van der Waals surface area contributed by atoms with E-state index in [4.69, 9.17) is 0 Å². The second-order valence-corrected chi connectivity index (χ2v) is 4.43. The summed E-state index contributed by atoms with van der Waals surface area (Å²) in [6, 6.07) is 12.9. The fraction of sp³-hybridized carbons (Fsp3) is 0.0667. The molecule has 3 aromatic rings. The van der Waals surface area contributed by atoms with Crippen LogP contribution < -0.4 is 0 Å². The molecule has 0 aliphatic rings. The summed E-state index contributed by atoms with van der Waals surface area (Å²) in [6.45, 7) is 1.94. The van der Waals surface area contributed by atoms with Gasteiger partial charge in [-0.1, -0.05) is 18.2 Å². The Bertz CT molecular complexity index is 775. The third-order valence-corrected chi connectivity index (χ3v) is 3.10. The van der Waals surface area contributed by atoms with Crippen molar-refractivity contribution in [3.8, 4) is 5.69 Å². The van der Waals surface area contributed by atoms with Crippen LogP contribution in [-0.4, -0.2) is 20.6 Å². The lowest BCUT2D eigenvalue weighted by atomic mass is 10.1. The first-order valence-electron chi connectivity index (χ1n) is 5.93. The Morgan fingerprint density at radius 2 is 2.00 bits per heavy atom. The van der Waals surface area contributed by atoms with Crippen molar-refractivity contribution in [2.75, 3.05) is 0 Å². The van der Waals surface area contributed by atoms with Gasteiger partial charge in [-0.15, -0.1) is 0 Å². The predicted molar refractivity (Wildman–Crippen MR) is 72.8 cm³/mol. The molecule has 0 amide bonds. The topological polar surface area (TPSA) is 55.1 Å². The Morgan fingerprint density at radius 3 is 2.79 bits per heavy atom. The van der Waals surface area contributed by atoms with E-state index in [1.165, 1.54) is 0 Å². The summed E-state index contributed by atoms with van der Waals surface area (Å²) in [5.41, 5.74) is 3.67. The van der Waals surface area contributed by atoms with Gasteiger partial charge < -0.3 is 5.11 Å². The van der Waals surface area contributed by atoms with Gasteiger partial charge in [-0.2, -0.15) is 0 Å². The van der Waals surface area contributed by atoms with Crippen LogP contribution >= 0.6 is 0 Å². The SMILES string of the molecule is Cc1ccc(C(=O)O)c(-n2cnc3ccccc32)c1. The fourth-order valence-corrected chi connectivity index (χ4v) is 2.17. The average molecular weight is 252 g/mol. The normalized spacial score (nSPS) is 10.8. The summed E-state index contributed by atoms with van der Waals surface area (Å²) in [7, 11) is 0. The quantitative estimate of drug-likeness (QED) is 0.762. The molecule has 0 unspecified atom stereocenters. The van der Waals surface area contributed by atoms with Gasteiger partial charge in [0, 0.05) is 0 Å². The number of benzene rings is 2. The van der Waals surface area contributed by atoms with Crippen molar-refractivity contribution < 1.29 is 9.90 Å². The maximum atomic E-state index is 11.3. The monoisotopic (exact) mass is 252 g/mol. The average Bonchev–Trinajstić information content (AvgIpc) is 2.82. The van der Waals surface area contributed by atoms with Gasteiger partial charge in [-0.3, -0.25) is 4.57 Å². The van der Waals surface area contributed by atoms with Crippen LogP contribution in [0, 0.1) is 6.92 Å². The zero-order valence-corrected chi connectivity index (χ0v) is 10.4. The number of aromatic carboxylic acids is 1. The molecular formula is C15H12N2O2. The molecule has 94 valence electrons. The smallest absolute Gasteiger partial charge is 0.337 e. The van der Waals surface area contributed by atoms with Gasteiger partial charge in [-0.25, -0.2) is 9.78 Å². The number of carboxylic acids is 1. The maximum absolute atomic E-state index is 11.3. The first-order chi connectivity index (χ1) is 9.16. The summed E-state index contributed by atoms with van der Waals surface area (Å²) in [5.74, 6) is -0.937. The number of aromatic nitrogens is 2. The third-order valence-electron chi connectivity index (χ3n) is 3.10. The number of carbonyl (C=O) groups is 1. The molecule has 19 heavy (non-hydrogen) atoms. The number of nitrogens with zero attached hydrogens (tertiary/aromatic N) is 2. The minimum Gasteiger partial charge on any atom is -0.478 e. The number of hydrogen-bond donors (Lipinski definition) is 1. The molecule has 0 saturated carbocycles. The lowest BCUT2D eigenvalue weighted by Gasteiger charge is -2.09. The molecule has 0 aliphatic carbocycles. The molecule has 0 saturated heterocycles. The number of hydrogen-bond acceptors (Lipinski definition) is 2. The molecule has 1 aromatic heterocycles. The largest absolute Gasteiger partial charge is 0.478 e. The van der Waals surface area contributed by atoms with E-state index in [0.717, 1.165) is 16.6 Å². The van der Waals surface area contributed by atoms with Crippen LogP contribution in [0.2, 0.25) is 0 Å². The fourth-order valence-electron chi connectivity index (χ4n) is 2.17. The summed E-state index contributed by atoms with van der Waals surface area (Å²) in [4.78, 5) is 15.6. The lowest BCUT2D eigenvalue weighted by molar-refractivity contribution is 0.0697. The Labute approximate surface area is 109 Å². The molecule has 0 atom stereocenters. The van der Waals surface area contributed by atoms with Crippen molar-refractivity contribution in [2.45, 2.75) is 6.92 Å². The maximum Gasteiger partial charge on any atom is 0.337 e. The van der Waals surface area contributed by atoms with Crippen LogP contribution in [0.1, 0.15) is 15.9 Å². The van der Waals surface area contributed by atoms with Gasteiger partial charge in [-0.05, 0) is 36.8 Å². The first-order valence-corrected chi connectivity index (χ1v) is 5.93. The van der Waals surface area contributed by atoms with Gasteiger partial charge in [0.2, 0.25) is 0 Å². The van der Waals surface area contributed by atoms with E-state index >= 15 is 0 Å². The van der Waals surface area contributed by atoms with Crippen LogP contribution in [-0.2, 0) is 0 Å². The molecule has 0 fully saturated rings. The zero-order valence-electron chi connectivity index (χ0n) is 10.4. The molecular weight excluding hydrogens is 240 g/mol. The van der Waals surface area contributed by atoms with Crippen molar-refractivity contribution in [2.24, 2.45) is 0 Å². The van der Waals surface area contributed by atoms with E-state index in [-0.39, 0.29) is 5.56 Å². The van der Waals surface area contributed by atoms with E-state index in [1.54, 1.807) is 18.5 Å². The Morgan fingerprint density at radius 1 is 1.21 bits per heavy atom. The molecule has 1 N–H and O–H groups in total. The van der Waals surface area contributed by atoms with Crippen molar-refractivity contribution in [3.05, 3.63) is 59.9 Å². The first kappa shape index (κ1) is 11.5. The van der Waals surface area contributed by atoms with Crippen LogP contribution in [0.4, 0.5) is 0 Å². The number of carboxylic acid groups (broad SMARTS) is 1. The molecule has 0 spiro atoms. The second-order valence-electron chi connectivity index (χ2n) is 4.43. The van der Waals surface area contributed by atoms with E-state index in [0.29, 0.717) is 5.69 Å². The van der Waals surface area contributed by atoms with Crippen LogP contribution in [0.25, 0.3) is 16.7 Å². The highest BCUT2D eigenvalue weighted by atomic mass is 16.4. The highest BCUT2D eigenvalue weighted by molar-refractivity contribution is 5.93. The number of aryl methyl sites for hydroxylation is 1. The number of rotatable bonds is 2. The third kappa shape index (κ3) is 1.87. The molecule has 0 bridgehead atoms. The summed E-state index contributed by atoms with van der Waals surface area (Å²) in [5, 5.41) is 9.29. The molecule has 2 aromatic carbocycles. The Kier molecular flexibility index (Phi) is 2.56. The minimum atomic E-state index is -0.937. The minimum absolute atomic E-state index is 0.272. The molecule has 0 radical (unpaired) electrons. The number of fused-ring (bicyclic) bond motifs is 1.